The topological polar surface area (TPSA) is 108 Å². The van der Waals surface area contributed by atoms with Crippen LogP contribution in [-0.4, -0.2) is 39.3 Å². The number of hydrogen-bond acceptors (Lipinski definition) is 5. The summed E-state index contributed by atoms with van der Waals surface area (Å²) < 4.78 is 0. The number of hydrogen-bond donors (Lipinski definition) is 3. The van der Waals surface area contributed by atoms with Crippen molar-refractivity contribution in [2.45, 2.75) is 125 Å². The number of pyridine rings is 1. The number of aliphatic carboxylic acids is 1. The summed E-state index contributed by atoms with van der Waals surface area (Å²) >= 11 is 0. The van der Waals surface area contributed by atoms with E-state index in [0.717, 1.165) is 88.2 Å². The molecule has 4 fully saturated rings. The first-order chi connectivity index (χ1) is 22.1. The van der Waals surface area contributed by atoms with Crippen LogP contribution in [0.2, 0.25) is 0 Å². The lowest BCUT2D eigenvalue weighted by molar-refractivity contribution is -0.175. The van der Waals surface area contributed by atoms with Crippen LogP contribution in [0.15, 0.2) is 23.9 Å². The third-order valence-electron chi connectivity index (χ3n) is 15.9. The summed E-state index contributed by atoms with van der Waals surface area (Å²) in [6, 6.07) is 4.57. The summed E-state index contributed by atoms with van der Waals surface area (Å²) in [6.07, 6.45) is 13.2. The van der Waals surface area contributed by atoms with E-state index in [1.54, 1.807) is 0 Å². The number of nitrogen functional groups attached to an aromatic ring is 1. The first kappa shape index (κ1) is 31.4. The Hall–Kier alpha value is -2.83. The van der Waals surface area contributed by atoms with E-state index >= 15 is 0 Å². The lowest BCUT2D eigenvalue weighted by Crippen LogP contribution is -2.65. The largest absolute Gasteiger partial charge is 0.481 e. The molecule has 7 atom stereocenters. The molecule has 0 spiro atoms. The Labute approximate surface area is 281 Å². The molecule has 1 saturated heterocycles. The molecule has 5 aliphatic carbocycles. The van der Waals surface area contributed by atoms with Crippen molar-refractivity contribution in [1.29, 1.82) is 0 Å². The van der Waals surface area contributed by atoms with Gasteiger partial charge in [-0.05, 0) is 133 Å². The number of fused-ring (bicyclic) bond motifs is 8. The Morgan fingerprint density at radius 2 is 1.70 bits per heavy atom. The summed E-state index contributed by atoms with van der Waals surface area (Å²) in [7, 11) is 0. The quantitative estimate of drug-likeness (QED) is 0.311. The third-order valence-corrected chi connectivity index (χ3v) is 15.9. The zero-order valence-corrected chi connectivity index (χ0v) is 29.9. The number of nitrogens with two attached hydrogens (primary N) is 1. The fourth-order valence-corrected chi connectivity index (χ4v) is 13.1. The van der Waals surface area contributed by atoms with Crippen LogP contribution in [-0.2, 0) is 16.6 Å². The SMILES string of the molecule is CC1(C)CC[C@]2(C(=O)O)CC[C@]3(C)C(=C(c4ccc(N5CCCC5)nc4)CC4[C@@]5(C)Cc6c(n[nH]c6N)C(C)(C)C5CC[C@]43C)C2C1. The molecule has 2 aromatic rings. The van der Waals surface area contributed by atoms with E-state index in [-0.39, 0.29) is 33.0 Å². The maximum atomic E-state index is 13.5. The molecule has 7 nitrogen and oxygen atoms in total. The van der Waals surface area contributed by atoms with Crippen LogP contribution in [0.25, 0.3) is 5.57 Å². The molecule has 3 saturated carbocycles. The van der Waals surface area contributed by atoms with E-state index in [1.807, 2.05) is 0 Å². The highest BCUT2D eigenvalue weighted by Gasteiger charge is 2.70. The van der Waals surface area contributed by atoms with E-state index in [0.29, 0.717) is 11.8 Å². The van der Waals surface area contributed by atoms with Crippen molar-refractivity contribution < 1.29 is 9.90 Å². The van der Waals surface area contributed by atoms with E-state index in [4.69, 9.17) is 15.8 Å². The molecule has 8 rings (SSSR count). The second-order valence-corrected chi connectivity index (χ2v) is 18.8. The van der Waals surface area contributed by atoms with Crippen molar-refractivity contribution >= 4 is 23.2 Å². The van der Waals surface area contributed by atoms with Gasteiger partial charge in [0, 0.05) is 30.3 Å². The Kier molecular flexibility index (Phi) is 6.61. The van der Waals surface area contributed by atoms with Crippen LogP contribution in [0.5, 0.6) is 0 Å². The summed E-state index contributed by atoms with van der Waals surface area (Å²) in [5.74, 6) is 2.18. The number of allylic oxidation sites excluding steroid dienone is 2. The summed E-state index contributed by atoms with van der Waals surface area (Å²) in [4.78, 5) is 21.0. The molecule has 2 aromatic heterocycles. The number of carbonyl (C=O) groups is 1. The van der Waals surface area contributed by atoms with Crippen LogP contribution in [0.3, 0.4) is 0 Å². The minimum Gasteiger partial charge on any atom is -0.481 e. The maximum Gasteiger partial charge on any atom is 0.310 e. The lowest BCUT2D eigenvalue weighted by Gasteiger charge is -2.71. The smallest absolute Gasteiger partial charge is 0.310 e. The van der Waals surface area contributed by atoms with Crippen molar-refractivity contribution in [2.75, 3.05) is 23.7 Å². The molecular weight excluding hydrogens is 582 g/mol. The van der Waals surface area contributed by atoms with Crippen LogP contribution in [0.4, 0.5) is 11.6 Å². The summed E-state index contributed by atoms with van der Waals surface area (Å²) in [5, 5.41) is 19.0. The minimum atomic E-state index is -0.685. The monoisotopic (exact) mass is 639 g/mol. The number of carboxylic acids is 1. The predicted octanol–water partition coefficient (Wildman–Crippen LogP) is 8.41. The van der Waals surface area contributed by atoms with Gasteiger partial charge in [0.25, 0.3) is 0 Å². The number of aromatic nitrogens is 3. The molecule has 1 aliphatic heterocycles. The molecule has 47 heavy (non-hydrogen) atoms. The Balaban J connectivity index is 1.34. The highest BCUT2D eigenvalue weighted by atomic mass is 16.4. The number of H-pyrrole nitrogens is 1. The second kappa shape index (κ2) is 9.88. The lowest BCUT2D eigenvalue weighted by atomic mass is 9.33. The third kappa shape index (κ3) is 4.06. The fraction of sp³-hybridized carbons (Fsp3) is 0.725. The van der Waals surface area contributed by atoms with Crippen LogP contribution < -0.4 is 10.6 Å². The van der Waals surface area contributed by atoms with Crippen LogP contribution >= 0.6 is 0 Å². The molecule has 6 aliphatic rings. The average Bonchev–Trinajstić information content (AvgIpc) is 3.68. The zero-order chi connectivity index (χ0) is 33.4. The molecule has 3 unspecified atom stereocenters. The number of anilines is 2. The molecule has 3 heterocycles. The van der Waals surface area contributed by atoms with Gasteiger partial charge in [-0.1, -0.05) is 54.0 Å². The van der Waals surface area contributed by atoms with Crippen LogP contribution in [0, 0.1) is 44.8 Å². The van der Waals surface area contributed by atoms with Crippen molar-refractivity contribution in [2.24, 2.45) is 44.8 Å². The molecule has 0 radical (unpaired) electrons. The minimum absolute atomic E-state index is 0.0252. The van der Waals surface area contributed by atoms with Gasteiger partial charge >= 0.3 is 5.97 Å². The van der Waals surface area contributed by atoms with Gasteiger partial charge in [0.2, 0.25) is 0 Å². The Morgan fingerprint density at radius 3 is 2.38 bits per heavy atom. The number of nitrogens with one attached hydrogen (secondary N) is 1. The average molecular weight is 640 g/mol. The summed E-state index contributed by atoms with van der Waals surface area (Å²) in [5.41, 5.74) is 12.4. The van der Waals surface area contributed by atoms with E-state index in [1.165, 1.54) is 35.1 Å². The molecule has 4 N–H and O–H groups in total. The van der Waals surface area contributed by atoms with Gasteiger partial charge < -0.3 is 15.7 Å². The van der Waals surface area contributed by atoms with Gasteiger partial charge in [-0.2, -0.15) is 5.10 Å². The standard InChI is InChI=1S/C40H57N5O2/c1-35(2)14-16-40(34(46)47)17-15-39(7)31(27(40)22-35)25(24-10-11-30(42-23-24)45-18-8-9-19-45)20-29-37(5)21-26-32(43-44-33(26)41)36(3,4)28(37)12-13-38(29,39)6/h10-11,23,27-29H,8-9,12-22H2,1-7H3,(H,46,47)(H3,41,43,44)/t27?,28?,29?,37-,38+,39+,40-/m0/s1. The second-order valence-electron chi connectivity index (χ2n) is 18.8. The van der Waals surface area contributed by atoms with Gasteiger partial charge in [0.05, 0.1) is 11.1 Å². The van der Waals surface area contributed by atoms with Crippen molar-refractivity contribution in [3.8, 4) is 0 Å². The molecular formula is C40H57N5O2. The zero-order valence-electron chi connectivity index (χ0n) is 29.9. The van der Waals surface area contributed by atoms with Crippen LogP contribution in [0.1, 0.15) is 129 Å². The molecule has 0 bridgehead atoms. The normalized spacial score (nSPS) is 40.1. The van der Waals surface area contributed by atoms with Gasteiger partial charge in [-0.25, -0.2) is 4.98 Å². The first-order valence-electron chi connectivity index (χ1n) is 18.6. The predicted molar refractivity (Wildman–Crippen MR) is 188 cm³/mol. The molecule has 254 valence electrons. The number of carboxylic acid groups (broad SMARTS) is 1. The maximum absolute atomic E-state index is 13.5. The van der Waals surface area contributed by atoms with E-state index in [9.17, 15) is 9.90 Å². The fourth-order valence-electron chi connectivity index (χ4n) is 13.1. The highest BCUT2D eigenvalue weighted by molar-refractivity contribution is 5.80. The number of rotatable bonds is 3. The molecule has 0 aromatic carbocycles. The van der Waals surface area contributed by atoms with Gasteiger partial charge in [-0.3, -0.25) is 9.89 Å². The Bertz CT molecular complexity index is 1650. The van der Waals surface area contributed by atoms with Crippen molar-refractivity contribution in [3.63, 3.8) is 0 Å². The van der Waals surface area contributed by atoms with Crippen molar-refractivity contribution in [3.05, 3.63) is 40.7 Å². The van der Waals surface area contributed by atoms with Gasteiger partial charge in [-0.15, -0.1) is 0 Å². The van der Waals surface area contributed by atoms with Gasteiger partial charge in [0.1, 0.15) is 11.6 Å². The van der Waals surface area contributed by atoms with Gasteiger partial charge in [0.15, 0.2) is 0 Å². The summed E-state index contributed by atoms with van der Waals surface area (Å²) in [6.45, 7) is 19.4. The Morgan fingerprint density at radius 1 is 0.979 bits per heavy atom. The highest BCUT2D eigenvalue weighted by Crippen LogP contribution is 2.77. The number of aromatic amines is 1. The molecule has 7 heteroatoms. The first-order valence-corrected chi connectivity index (χ1v) is 18.6. The van der Waals surface area contributed by atoms with Crippen molar-refractivity contribution in [1.82, 2.24) is 15.2 Å². The van der Waals surface area contributed by atoms with E-state index in [2.05, 4.69) is 76.8 Å². The molecule has 0 amide bonds. The number of nitrogens with zero attached hydrogens (tertiary/aromatic N) is 3. The van der Waals surface area contributed by atoms with E-state index < -0.39 is 11.4 Å².